The maximum absolute atomic E-state index is 13.4. The summed E-state index contributed by atoms with van der Waals surface area (Å²) < 4.78 is 17.7. The van der Waals surface area contributed by atoms with E-state index in [1.807, 2.05) is 46.4 Å². The summed E-state index contributed by atoms with van der Waals surface area (Å²) in [4.78, 5) is 39.1. The molecule has 2 fully saturated rings. The third-order valence-corrected chi connectivity index (χ3v) is 7.44. The molecule has 0 aliphatic carbocycles. The number of ether oxygens (including phenoxy) is 1. The average molecular weight is 532 g/mol. The smallest absolute Gasteiger partial charge is 0.444 e. The van der Waals surface area contributed by atoms with Crippen molar-refractivity contribution in [2.45, 2.75) is 118 Å². The fourth-order valence-electron chi connectivity index (χ4n) is 4.70. The summed E-state index contributed by atoms with van der Waals surface area (Å²) in [5.74, 6) is 0.419. The van der Waals surface area contributed by atoms with Gasteiger partial charge >= 0.3 is 13.2 Å². The zero-order valence-electron chi connectivity index (χ0n) is 25.0. The Hall–Kier alpha value is -2.40. The minimum Gasteiger partial charge on any atom is -0.444 e. The molecule has 10 nitrogen and oxygen atoms in total. The molecule has 0 aromatic carbocycles. The summed E-state index contributed by atoms with van der Waals surface area (Å²) >= 11 is 0. The quantitative estimate of drug-likeness (QED) is 0.535. The van der Waals surface area contributed by atoms with Gasteiger partial charge in [0.2, 0.25) is 11.9 Å². The van der Waals surface area contributed by atoms with Crippen molar-refractivity contribution in [2.75, 3.05) is 18.0 Å². The summed E-state index contributed by atoms with van der Waals surface area (Å²) in [5.41, 5.74) is -0.741. The topological polar surface area (TPSA) is 106 Å². The summed E-state index contributed by atoms with van der Waals surface area (Å²) in [7, 11) is -0.522. The molecule has 2 saturated heterocycles. The first kappa shape index (κ1) is 30.2. The average Bonchev–Trinajstić information content (AvgIpc) is 3.32. The van der Waals surface area contributed by atoms with Gasteiger partial charge in [-0.05, 0) is 74.7 Å². The van der Waals surface area contributed by atoms with Crippen molar-refractivity contribution in [3.8, 4) is 0 Å². The van der Waals surface area contributed by atoms with Crippen molar-refractivity contribution in [1.82, 2.24) is 20.2 Å². The van der Waals surface area contributed by atoms with E-state index in [9.17, 15) is 9.59 Å². The summed E-state index contributed by atoms with van der Waals surface area (Å²) in [5, 5.41) is 2.78. The van der Waals surface area contributed by atoms with Gasteiger partial charge in [-0.1, -0.05) is 13.8 Å². The highest BCUT2D eigenvalue weighted by Crippen LogP contribution is 2.36. The minimum atomic E-state index is -0.661. The number of likely N-dealkylation sites (tertiary alicyclic amines) is 1. The van der Waals surface area contributed by atoms with Crippen molar-refractivity contribution in [3.63, 3.8) is 0 Å². The Morgan fingerprint density at radius 1 is 1.11 bits per heavy atom. The molecule has 1 N–H and O–H groups in total. The molecule has 38 heavy (non-hydrogen) atoms. The highest BCUT2D eigenvalue weighted by atomic mass is 16.7. The van der Waals surface area contributed by atoms with Crippen LogP contribution in [0.15, 0.2) is 12.4 Å². The van der Waals surface area contributed by atoms with Crippen molar-refractivity contribution < 1.29 is 23.6 Å². The molecular weight excluding hydrogens is 485 g/mol. The summed E-state index contributed by atoms with van der Waals surface area (Å²) in [6, 6.07) is -0.485. The van der Waals surface area contributed by atoms with Crippen LogP contribution in [0.2, 0.25) is 0 Å². The Kier molecular flexibility index (Phi) is 8.73. The Balaban J connectivity index is 1.70. The summed E-state index contributed by atoms with van der Waals surface area (Å²) in [6.07, 6.45) is 3.72. The molecule has 212 valence electrons. The van der Waals surface area contributed by atoms with E-state index in [4.69, 9.17) is 14.0 Å². The predicted octanol–water partition coefficient (Wildman–Crippen LogP) is 3.14. The van der Waals surface area contributed by atoms with Crippen LogP contribution in [0, 0.1) is 5.92 Å². The SMILES string of the molecule is CC(C)C(NC(=O)OC(C)(C)C)C(=O)N1CC[C@H](N(c2ncc(B3OC(C)(C)C(C)(C)O3)cn2)C(C)C)C1. The number of anilines is 1. The Labute approximate surface area is 228 Å². The third-order valence-electron chi connectivity index (χ3n) is 7.44. The van der Waals surface area contributed by atoms with E-state index in [1.54, 1.807) is 33.2 Å². The number of rotatable bonds is 7. The molecule has 2 atom stereocenters. The lowest BCUT2D eigenvalue weighted by Gasteiger charge is -2.33. The Morgan fingerprint density at radius 2 is 1.66 bits per heavy atom. The van der Waals surface area contributed by atoms with Gasteiger partial charge in [-0.2, -0.15) is 0 Å². The molecular formula is C27H46BN5O5. The largest absolute Gasteiger partial charge is 0.498 e. The Bertz CT molecular complexity index is 977. The maximum atomic E-state index is 13.4. The standard InChI is InChI=1S/C27H46BN5O5/c1-17(2)21(31-24(35)36-25(5,6)7)22(34)32-13-12-20(16-32)33(18(3)4)23-29-14-19(15-30-23)28-37-26(8,9)27(10,11)38-28/h14-15,17-18,20-21H,12-13,16H2,1-11H3,(H,31,35)/t20-,21?/m0/s1. The second-order valence-electron chi connectivity index (χ2n) is 13.0. The van der Waals surface area contributed by atoms with E-state index < -0.39 is 36.1 Å². The van der Waals surface area contributed by atoms with Gasteiger partial charge in [0.05, 0.1) is 17.2 Å². The fourth-order valence-corrected chi connectivity index (χ4v) is 4.70. The van der Waals surface area contributed by atoms with E-state index in [2.05, 4.69) is 34.0 Å². The number of carbonyl (C=O) groups is 2. The number of hydrogen-bond donors (Lipinski definition) is 1. The molecule has 0 bridgehead atoms. The number of aromatic nitrogens is 2. The molecule has 2 amide bonds. The highest BCUT2D eigenvalue weighted by molar-refractivity contribution is 6.61. The van der Waals surface area contributed by atoms with Gasteiger partial charge in [0, 0.05) is 37.0 Å². The van der Waals surface area contributed by atoms with Crippen LogP contribution in [0.5, 0.6) is 0 Å². The molecule has 2 aliphatic heterocycles. The van der Waals surface area contributed by atoms with E-state index >= 15 is 0 Å². The number of nitrogens with one attached hydrogen (secondary N) is 1. The second kappa shape index (κ2) is 11.0. The first-order chi connectivity index (χ1) is 17.4. The number of amides is 2. The fraction of sp³-hybridized carbons (Fsp3) is 0.778. The molecule has 1 aromatic heterocycles. The lowest BCUT2D eigenvalue weighted by atomic mass is 9.81. The zero-order chi connectivity index (χ0) is 28.6. The van der Waals surface area contributed by atoms with E-state index in [1.165, 1.54) is 0 Å². The maximum Gasteiger partial charge on any atom is 0.498 e. The molecule has 3 rings (SSSR count). The molecule has 2 aliphatic rings. The Morgan fingerprint density at radius 3 is 2.13 bits per heavy atom. The molecule has 0 radical (unpaired) electrons. The second-order valence-corrected chi connectivity index (χ2v) is 13.0. The molecule has 0 spiro atoms. The van der Waals surface area contributed by atoms with Gasteiger partial charge < -0.3 is 29.2 Å². The molecule has 1 aromatic rings. The van der Waals surface area contributed by atoms with Gasteiger partial charge in [-0.3, -0.25) is 4.79 Å². The number of alkyl carbamates (subject to hydrolysis) is 1. The van der Waals surface area contributed by atoms with E-state index in [0.717, 1.165) is 11.9 Å². The van der Waals surface area contributed by atoms with Crippen molar-refractivity contribution in [1.29, 1.82) is 0 Å². The lowest BCUT2D eigenvalue weighted by molar-refractivity contribution is -0.133. The van der Waals surface area contributed by atoms with Crippen molar-refractivity contribution in [3.05, 3.63) is 12.4 Å². The van der Waals surface area contributed by atoms with Crippen LogP contribution in [0.1, 0.15) is 82.6 Å². The van der Waals surface area contributed by atoms with Crippen LogP contribution >= 0.6 is 0 Å². The number of carbonyl (C=O) groups excluding carboxylic acids is 2. The molecule has 1 unspecified atom stereocenters. The van der Waals surface area contributed by atoms with Crippen LogP contribution in [0.3, 0.4) is 0 Å². The van der Waals surface area contributed by atoms with Gasteiger partial charge in [0.15, 0.2) is 0 Å². The molecule has 3 heterocycles. The highest BCUT2D eigenvalue weighted by Gasteiger charge is 2.52. The number of hydrogen-bond acceptors (Lipinski definition) is 8. The normalized spacial score (nSPS) is 21.7. The van der Waals surface area contributed by atoms with Crippen LogP contribution < -0.4 is 15.7 Å². The van der Waals surface area contributed by atoms with E-state index in [0.29, 0.717) is 19.0 Å². The molecule has 11 heteroatoms. The van der Waals surface area contributed by atoms with Gasteiger partial charge in [0.1, 0.15) is 11.6 Å². The van der Waals surface area contributed by atoms with Crippen molar-refractivity contribution in [2.24, 2.45) is 5.92 Å². The monoisotopic (exact) mass is 531 g/mol. The van der Waals surface area contributed by atoms with Crippen LogP contribution in [0.4, 0.5) is 10.7 Å². The van der Waals surface area contributed by atoms with Crippen LogP contribution in [-0.4, -0.2) is 82.0 Å². The predicted molar refractivity (Wildman–Crippen MR) is 148 cm³/mol. The summed E-state index contributed by atoms with van der Waals surface area (Å²) in [6.45, 7) is 22.6. The van der Waals surface area contributed by atoms with Crippen molar-refractivity contribution >= 4 is 30.5 Å². The first-order valence-corrected chi connectivity index (χ1v) is 13.7. The zero-order valence-corrected chi connectivity index (χ0v) is 25.0. The third kappa shape index (κ3) is 6.78. The first-order valence-electron chi connectivity index (χ1n) is 13.7. The van der Waals surface area contributed by atoms with Gasteiger partial charge in [-0.25, -0.2) is 14.8 Å². The molecule has 0 saturated carbocycles. The lowest BCUT2D eigenvalue weighted by Crippen LogP contribution is -2.52. The van der Waals surface area contributed by atoms with Gasteiger partial charge in [0.25, 0.3) is 0 Å². The number of nitrogens with zero attached hydrogens (tertiary/aromatic N) is 4. The van der Waals surface area contributed by atoms with E-state index in [-0.39, 0.29) is 23.9 Å². The minimum absolute atomic E-state index is 0.0518. The van der Waals surface area contributed by atoms with Crippen LogP contribution in [-0.2, 0) is 18.8 Å². The van der Waals surface area contributed by atoms with Gasteiger partial charge in [-0.15, -0.1) is 0 Å². The van der Waals surface area contributed by atoms with Crippen LogP contribution in [0.25, 0.3) is 0 Å².